The molecule has 1 saturated heterocycles. The molecule has 0 aliphatic carbocycles. The molecule has 0 aromatic heterocycles. The molecule has 1 N–H and O–H groups in total. The zero-order valence-electron chi connectivity index (χ0n) is 16.0. The smallest absolute Gasteiger partial charge is 0.240 e. The summed E-state index contributed by atoms with van der Waals surface area (Å²) in [5.74, 6) is -0.514. The SMILES string of the molecule is O=C1CCC(=O)N1c1ccc(S(=O)(=O)NCCCN2CCc3ccccc32)cc1. The van der Waals surface area contributed by atoms with Crippen LogP contribution in [0.1, 0.15) is 24.8 Å². The van der Waals surface area contributed by atoms with E-state index in [1.165, 1.54) is 35.5 Å². The predicted octanol–water partition coefficient (Wildman–Crippen LogP) is 2.07. The first-order valence-electron chi connectivity index (χ1n) is 9.74. The van der Waals surface area contributed by atoms with Crippen molar-refractivity contribution < 1.29 is 18.0 Å². The first-order chi connectivity index (χ1) is 14.0. The Bertz CT molecular complexity index is 1020. The van der Waals surface area contributed by atoms with Gasteiger partial charge in [-0.05, 0) is 48.7 Å². The number of sulfonamides is 1. The Morgan fingerprint density at radius 3 is 2.31 bits per heavy atom. The summed E-state index contributed by atoms with van der Waals surface area (Å²) in [7, 11) is -3.64. The van der Waals surface area contributed by atoms with Gasteiger partial charge in [0.05, 0.1) is 10.6 Å². The number of nitrogens with one attached hydrogen (secondary N) is 1. The average Bonchev–Trinajstić information content (AvgIpc) is 3.28. The van der Waals surface area contributed by atoms with Crippen LogP contribution in [0, 0.1) is 0 Å². The van der Waals surface area contributed by atoms with Crippen LogP contribution in [0.3, 0.4) is 0 Å². The van der Waals surface area contributed by atoms with Gasteiger partial charge >= 0.3 is 0 Å². The lowest BCUT2D eigenvalue weighted by atomic mass is 10.2. The van der Waals surface area contributed by atoms with Gasteiger partial charge in [-0.15, -0.1) is 0 Å². The van der Waals surface area contributed by atoms with Crippen LogP contribution in [0.5, 0.6) is 0 Å². The third-order valence-corrected chi connectivity index (χ3v) is 6.81. The van der Waals surface area contributed by atoms with E-state index >= 15 is 0 Å². The van der Waals surface area contributed by atoms with Crippen LogP contribution in [0.15, 0.2) is 53.4 Å². The second-order valence-corrected chi connectivity index (χ2v) is 9.00. The van der Waals surface area contributed by atoms with Crippen LogP contribution in [0.2, 0.25) is 0 Å². The second-order valence-electron chi connectivity index (χ2n) is 7.23. The van der Waals surface area contributed by atoms with E-state index in [4.69, 9.17) is 0 Å². The van der Waals surface area contributed by atoms with Gasteiger partial charge in [-0.2, -0.15) is 0 Å². The van der Waals surface area contributed by atoms with Gasteiger partial charge in [0.25, 0.3) is 0 Å². The van der Waals surface area contributed by atoms with Gasteiger partial charge in [-0.25, -0.2) is 13.1 Å². The van der Waals surface area contributed by atoms with Gasteiger partial charge in [0.1, 0.15) is 0 Å². The van der Waals surface area contributed by atoms with E-state index in [0.717, 1.165) is 24.4 Å². The van der Waals surface area contributed by atoms with Crippen LogP contribution < -0.4 is 14.5 Å². The number of para-hydroxylation sites is 1. The highest BCUT2D eigenvalue weighted by atomic mass is 32.2. The summed E-state index contributed by atoms with van der Waals surface area (Å²) in [6, 6.07) is 14.1. The Balaban J connectivity index is 1.32. The highest BCUT2D eigenvalue weighted by Crippen LogP contribution is 2.27. The van der Waals surface area contributed by atoms with Crippen LogP contribution in [-0.2, 0) is 26.0 Å². The summed E-state index contributed by atoms with van der Waals surface area (Å²) in [5, 5.41) is 0. The van der Waals surface area contributed by atoms with Gasteiger partial charge in [0.2, 0.25) is 21.8 Å². The number of nitrogens with zero attached hydrogens (tertiary/aromatic N) is 2. The molecule has 0 radical (unpaired) electrons. The fraction of sp³-hybridized carbons (Fsp3) is 0.333. The maximum absolute atomic E-state index is 12.5. The van der Waals surface area contributed by atoms with E-state index in [2.05, 4.69) is 21.8 Å². The van der Waals surface area contributed by atoms with Crippen molar-refractivity contribution in [2.45, 2.75) is 30.6 Å². The fourth-order valence-corrected chi connectivity index (χ4v) is 4.91. The van der Waals surface area contributed by atoms with E-state index < -0.39 is 10.0 Å². The molecule has 4 rings (SSSR count). The lowest BCUT2D eigenvalue weighted by Crippen LogP contribution is -2.30. The molecule has 0 bridgehead atoms. The number of amides is 2. The van der Waals surface area contributed by atoms with Gasteiger partial charge < -0.3 is 4.90 Å². The first-order valence-corrected chi connectivity index (χ1v) is 11.2. The zero-order valence-corrected chi connectivity index (χ0v) is 16.8. The Labute approximate surface area is 170 Å². The molecule has 2 aliphatic heterocycles. The number of carbonyl (C=O) groups is 2. The lowest BCUT2D eigenvalue weighted by molar-refractivity contribution is -0.121. The Morgan fingerprint density at radius 1 is 0.897 bits per heavy atom. The quantitative estimate of drug-likeness (QED) is 0.555. The molecule has 152 valence electrons. The number of carbonyl (C=O) groups excluding carboxylic acids is 2. The largest absolute Gasteiger partial charge is 0.371 e. The van der Waals surface area contributed by atoms with Crippen molar-refractivity contribution in [3.05, 3.63) is 54.1 Å². The maximum atomic E-state index is 12.5. The predicted molar refractivity (Wildman–Crippen MR) is 110 cm³/mol. The summed E-state index contributed by atoms with van der Waals surface area (Å²) in [6.45, 7) is 2.09. The van der Waals surface area contributed by atoms with E-state index in [0.29, 0.717) is 18.7 Å². The average molecular weight is 413 g/mol. The molecule has 2 aliphatic rings. The number of anilines is 2. The molecule has 2 heterocycles. The molecule has 0 saturated carbocycles. The van der Waals surface area contributed by atoms with Crippen LogP contribution in [0.25, 0.3) is 0 Å². The second kappa shape index (κ2) is 7.96. The van der Waals surface area contributed by atoms with Crippen LogP contribution in [0.4, 0.5) is 11.4 Å². The number of fused-ring (bicyclic) bond motifs is 1. The zero-order chi connectivity index (χ0) is 20.4. The van der Waals surface area contributed by atoms with E-state index in [1.54, 1.807) is 0 Å². The molecule has 1 fully saturated rings. The van der Waals surface area contributed by atoms with E-state index in [-0.39, 0.29) is 29.6 Å². The number of benzene rings is 2. The first kappa shape index (κ1) is 19.6. The van der Waals surface area contributed by atoms with Gasteiger partial charge in [0.15, 0.2) is 0 Å². The Kier molecular flexibility index (Phi) is 5.38. The molecular formula is C21H23N3O4S. The Morgan fingerprint density at radius 2 is 1.59 bits per heavy atom. The van der Waals surface area contributed by atoms with Crippen molar-refractivity contribution in [3.63, 3.8) is 0 Å². The van der Waals surface area contributed by atoms with Crippen molar-refractivity contribution in [1.82, 2.24) is 4.72 Å². The summed E-state index contributed by atoms with van der Waals surface area (Å²) in [5.41, 5.74) is 2.98. The molecule has 0 spiro atoms. The number of imide groups is 1. The molecule has 29 heavy (non-hydrogen) atoms. The van der Waals surface area contributed by atoms with Gasteiger partial charge in [-0.1, -0.05) is 18.2 Å². The normalized spacial score (nSPS) is 16.6. The van der Waals surface area contributed by atoms with Crippen molar-refractivity contribution in [1.29, 1.82) is 0 Å². The minimum Gasteiger partial charge on any atom is -0.371 e. The van der Waals surface area contributed by atoms with Crippen LogP contribution in [-0.4, -0.2) is 39.9 Å². The standard InChI is InChI=1S/C21H23N3O4S/c25-20-10-11-21(26)24(20)17-6-8-18(9-7-17)29(27,28)22-13-3-14-23-15-12-16-4-1-2-5-19(16)23/h1-2,4-9,22H,3,10-15H2. The van der Waals surface area contributed by atoms with Crippen LogP contribution >= 0.6 is 0 Å². The molecule has 8 heteroatoms. The van der Waals surface area contributed by atoms with Crippen molar-refractivity contribution in [2.24, 2.45) is 0 Å². The summed E-state index contributed by atoms with van der Waals surface area (Å²) in [4.78, 5) is 27.1. The summed E-state index contributed by atoms with van der Waals surface area (Å²) < 4.78 is 27.7. The molecule has 2 aromatic rings. The van der Waals surface area contributed by atoms with Gasteiger partial charge in [-0.3, -0.25) is 14.5 Å². The topological polar surface area (TPSA) is 86.8 Å². The monoisotopic (exact) mass is 413 g/mol. The molecule has 0 unspecified atom stereocenters. The minimum atomic E-state index is -3.64. The molecule has 2 aromatic carbocycles. The molecular weight excluding hydrogens is 390 g/mol. The highest BCUT2D eigenvalue weighted by molar-refractivity contribution is 7.89. The van der Waals surface area contributed by atoms with Crippen molar-refractivity contribution >= 4 is 33.2 Å². The summed E-state index contributed by atoms with van der Waals surface area (Å²) in [6.07, 6.45) is 2.11. The fourth-order valence-electron chi connectivity index (χ4n) is 3.84. The maximum Gasteiger partial charge on any atom is 0.240 e. The molecule has 7 nitrogen and oxygen atoms in total. The van der Waals surface area contributed by atoms with E-state index in [9.17, 15) is 18.0 Å². The van der Waals surface area contributed by atoms with Gasteiger partial charge in [0, 0.05) is 38.2 Å². The minimum absolute atomic E-state index is 0.117. The highest BCUT2D eigenvalue weighted by Gasteiger charge is 2.30. The number of hydrogen-bond acceptors (Lipinski definition) is 5. The Hall–Kier alpha value is -2.71. The van der Waals surface area contributed by atoms with Crippen molar-refractivity contribution in [2.75, 3.05) is 29.4 Å². The van der Waals surface area contributed by atoms with Crippen molar-refractivity contribution in [3.8, 4) is 0 Å². The third kappa shape index (κ3) is 4.04. The number of hydrogen-bond donors (Lipinski definition) is 1. The third-order valence-electron chi connectivity index (χ3n) is 5.34. The van der Waals surface area contributed by atoms with E-state index in [1.807, 2.05) is 12.1 Å². The summed E-state index contributed by atoms with van der Waals surface area (Å²) >= 11 is 0. The molecule has 2 amide bonds. The lowest BCUT2D eigenvalue weighted by Gasteiger charge is -2.19. The number of rotatable bonds is 7. The molecule has 0 atom stereocenters.